The van der Waals surface area contributed by atoms with Gasteiger partial charge in [-0.15, -0.1) is 0 Å². The lowest BCUT2D eigenvalue weighted by atomic mass is 9.96. The van der Waals surface area contributed by atoms with Crippen LogP contribution in [0.3, 0.4) is 0 Å². The van der Waals surface area contributed by atoms with Gasteiger partial charge in [0.05, 0.1) is 11.2 Å². The van der Waals surface area contributed by atoms with Gasteiger partial charge in [0.15, 0.2) is 0 Å². The van der Waals surface area contributed by atoms with Gasteiger partial charge in [-0.05, 0) is 51.8 Å². The van der Waals surface area contributed by atoms with Gasteiger partial charge in [-0.3, -0.25) is 9.48 Å². The molecule has 0 unspecified atom stereocenters. The highest BCUT2D eigenvalue weighted by molar-refractivity contribution is 5.93. The number of nitrogens with one attached hydrogen (secondary N) is 1. The summed E-state index contributed by atoms with van der Waals surface area (Å²) in [5, 5.41) is 12.5. The SMILES string of the molecule is Cc1noc(C)c1[C@H](C)CC(=O)Nc1ccc2cn(C(C)C)nc2c1. The number of rotatable bonds is 5. The molecular formula is C19H24N4O2. The first kappa shape index (κ1) is 17.2. The van der Waals surface area contributed by atoms with E-state index in [2.05, 4.69) is 29.4 Å². The fourth-order valence-corrected chi connectivity index (χ4v) is 3.16. The highest BCUT2D eigenvalue weighted by atomic mass is 16.5. The molecule has 0 radical (unpaired) electrons. The van der Waals surface area contributed by atoms with Crippen LogP contribution in [0, 0.1) is 13.8 Å². The Hall–Kier alpha value is -2.63. The van der Waals surface area contributed by atoms with E-state index in [0.29, 0.717) is 12.5 Å². The van der Waals surface area contributed by atoms with E-state index in [4.69, 9.17) is 4.52 Å². The van der Waals surface area contributed by atoms with Crippen molar-refractivity contribution in [2.24, 2.45) is 0 Å². The Morgan fingerprint density at radius 2 is 2.04 bits per heavy atom. The molecule has 2 heterocycles. The summed E-state index contributed by atoms with van der Waals surface area (Å²) >= 11 is 0. The Morgan fingerprint density at radius 1 is 1.28 bits per heavy atom. The van der Waals surface area contributed by atoms with E-state index in [1.54, 1.807) is 0 Å². The molecule has 25 heavy (non-hydrogen) atoms. The van der Waals surface area contributed by atoms with Crippen LogP contribution in [0.25, 0.3) is 10.9 Å². The highest BCUT2D eigenvalue weighted by Gasteiger charge is 2.19. The van der Waals surface area contributed by atoms with Crippen molar-refractivity contribution in [2.75, 3.05) is 5.32 Å². The average molecular weight is 340 g/mol. The first-order valence-electron chi connectivity index (χ1n) is 8.56. The minimum atomic E-state index is -0.0323. The lowest BCUT2D eigenvalue weighted by Gasteiger charge is -2.11. The van der Waals surface area contributed by atoms with Crippen LogP contribution in [-0.2, 0) is 4.79 Å². The minimum absolute atomic E-state index is 0.0323. The molecule has 132 valence electrons. The summed E-state index contributed by atoms with van der Waals surface area (Å²) < 4.78 is 7.12. The maximum absolute atomic E-state index is 12.4. The lowest BCUT2D eigenvalue weighted by Crippen LogP contribution is -2.15. The van der Waals surface area contributed by atoms with Gasteiger partial charge < -0.3 is 9.84 Å². The topological polar surface area (TPSA) is 73.0 Å². The van der Waals surface area contributed by atoms with Crippen molar-refractivity contribution in [1.29, 1.82) is 0 Å². The molecule has 0 aliphatic heterocycles. The Labute approximate surface area is 147 Å². The molecule has 6 heteroatoms. The predicted molar refractivity (Wildman–Crippen MR) is 97.8 cm³/mol. The summed E-state index contributed by atoms with van der Waals surface area (Å²) in [6.45, 7) is 9.97. The molecule has 6 nitrogen and oxygen atoms in total. The molecule has 1 aromatic carbocycles. The van der Waals surface area contributed by atoms with Crippen molar-refractivity contribution in [3.63, 3.8) is 0 Å². The second kappa shape index (κ2) is 6.70. The third-order valence-corrected chi connectivity index (χ3v) is 4.41. The van der Waals surface area contributed by atoms with Gasteiger partial charge >= 0.3 is 0 Å². The summed E-state index contributed by atoms with van der Waals surface area (Å²) in [6, 6.07) is 6.11. The van der Waals surface area contributed by atoms with Crippen molar-refractivity contribution in [2.45, 2.75) is 53.0 Å². The number of fused-ring (bicyclic) bond motifs is 1. The molecular weight excluding hydrogens is 316 g/mol. The lowest BCUT2D eigenvalue weighted by molar-refractivity contribution is -0.116. The molecule has 0 saturated heterocycles. The molecule has 3 rings (SSSR count). The Kier molecular flexibility index (Phi) is 4.61. The molecule has 1 atom stereocenters. The largest absolute Gasteiger partial charge is 0.361 e. The normalized spacial score (nSPS) is 12.7. The Balaban J connectivity index is 1.71. The highest BCUT2D eigenvalue weighted by Crippen LogP contribution is 2.26. The summed E-state index contributed by atoms with van der Waals surface area (Å²) in [6.07, 6.45) is 2.40. The van der Waals surface area contributed by atoms with Crippen molar-refractivity contribution in [1.82, 2.24) is 14.9 Å². The van der Waals surface area contributed by atoms with Crippen LogP contribution in [0.4, 0.5) is 5.69 Å². The molecule has 0 saturated carbocycles. The van der Waals surface area contributed by atoms with Crippen LogP contribution < -0.4 is 5.32 Å². The number of carbonyl (C=O) groups excluding carboxylic acids is 1. The standard InChI is InChI=1S/C19H24N4O2/c1-11(2)23-10-15-6-7-16(9-17(15)21-23)20-18(24)8-12(3)19-13(4)22-25-14(19)5/h6-7,9-12H,8H2,1-5H3,(H,20,24)/t12-/m1/s1. The fraction of sp³-hybridized carbons (Fsp3) is 0.421. The van der Waals surface area contributed by atoms with Crippen molar-refractivity contribution < 1.29 is 9.32 Å². The smallest absolute Gasteiger partial charge is 0.224 e. The van der Waals surface area contributed by atoms with Crippen LogP contribution in [0.5, 0.6) is 0 Å². The van der Waals surface area contributed by atoms with Gasteiger partial charge in [0.1, 0.15) is 5.76 Å². The Bertz CT molecular complexity index is 888. The van der Waals surface area contributed by atoms with E-state index in [9.17, 15) is 4.79 Å². The minimum Gasteiger partial charge on any atom is -0.361 e. The predicted octanol–water partition coefficient (Wildman–Crippen LogP) is 4.35. The van der Waals surface area contributed by atoms with E-state index < -0.39 is 0 Å². The number of benzene rings is 1. The zero-order chi connectivity index (χ0) is 18.1. The molecule has 0 fully saturated rings. The zero-order valence-corrected chi connectivity index (χ0v) is 15.3. The van der Waals surface area contributed by atoms with Crippen LogP contribution in [0.15, 0.2) is 28.9 Å². The molecule has 0 bridgehead atoms. The molecule has 0 spiro atoms. The number of amides is 1. The fourth-order valence-electron chi connectivity index (χ4n) is 3.16. The molecule has 3 aromatic rings. The van der Waals surface area contributed by atoms with E-state index in [0.717, 1.165) is 33.6 Å². The number of aryl methyl sites for hydroxylation is 2. The summed E-state index contributed by atoms with van der Waals surface area (Å²) in [5.74, 6) is 0.795. The molecule has 2 aromatic heterocycles. The third kappa shape index (κ3) is 3.57. The molecule has 0 aliphatic carbocycles. The quantitative estimate of drug-likeness (QED) is 0.749. The second-order valence-corrected chi connectivity index (χ2v) is 6.87. The van der Waals surface area contributed by atoms with E-state index in [-0.39, 0.29) is 11.8 Å². The number of hydrogen-bond donors (Lipinski definition) is 1. The maximum Gasteiger partial charge on any atom is 0.224 e. The number of hydrogen-bond acceptors (Lipinski definition) is 4. The van der Waals surface area contributed by atoms with Gasteiger partial charge in [-0.25, -0.2) is 0 Å². The van der Waals surface area contributed by atoms with Gasteiger partial charge in [0, 0.05) is 35.3 Å². The van der Waals surface area contributed by atoms with Crippen molar-refractivity contribution in [3.8, 4) is 0 Å². The van der Waals surface area contributed by atoms with Gasteiger partial charge in [0.2, 0.25) is 5.91 Å². The van der Waals surface area contributed by atoms with Crippen LogP contribution in [0.2, 0.25) is 0 Å². The van der Waals surface area contributed by atoms with Gasteiger partial charge in [0.25, 0.3) is 0 Å². The summed E-state index contributed by atoms with van der Waals surface area (Å²) in [5.41, 5.74) is 3.50. The maximum atomic E-state index is 12.4. The molecule has 0 aliphatic rings. The van der Waals surface area contributed by atoms with E-state index >= 15 is 0 Å². The van der Waals surface area contributed by atoms with Crippen LogP contribution in [-0.4, -0.2) is 20.8 Å². The first-order valence-corrected chi connectivity index (χ1v) is 8.56. The van der Waals surface area contributed by atoms with Gasteiger partial charge in [-0.2, -0.15) is 5.10 Å². The summed E-state index contributed by atoms with van der Waals surface area (Å²) in [4.78, 5) is 12.4. The Morgan fingerprint density at radius 3 is 2.68 bits per heavy atom. The third-order valence-electron chi connectivity index (χ3n) is 4.41. The average Bonchev–Trinajstić information content (AvgIpc) is 3.10. The summed E-state index contributed by atoms with van der Waals surface area (Å²) in [7, 11) is 0. The first-order chi connectivity index (χ1) is 11.8. The van der Waals surface area contributed by atoms with E-state index in [1.165, 1.54) is 0 Å². The molecule has 1 N–H and O–H groups in total. The van der Waals surface area contributed by atoms with Crippen LogP contribution >= 0.6 is 0 Å². The zero-order valence-electron chi connectivity index (χ0n) is 15.3. The number of carbonyl (C=O) groups is 1. The van der Waals surface area contributed by atoms with Crippen molar-refractivity contribution in [3.05, 3.63) is 41.4 Å². The van der Waals surface area contributed by atoms with Crippen LogP contribution in [0.1, 0.15) is 56.2 Å². The monoisotopic (exact) mass is 340 g/mol. The van der Waals surface area contributed by atoms with E-state index in [1.807, 2.05) is 49.8 Å². The van der Waals surface area contributed by atoms with Gasteiger partial charge in [-0.1, -0.05) is 12.1 Å². The molecule has 1 amide bonds. The number of anilines is 1. The van der Waals surface area contributed by atoms with Crippen molar-refractivity contribution >= 4 is 22.5 Å². The second-order valence-electron chi connectivity index (χ2n) is 6.87. The number of nitrogens with zero attached hydrogens (tertiary/aromatic N) is 3. The number of aromatic nitrogens is 3.